The van der Waals surface area contributed by atoms with Gasteiger partial charge in [-0.25, -0.2) is 4.98 Å². The molecule has 23 heavy (non-hydrogen) atoms. The van der Waals surface area contributed by atoms with Crippen LogP contribution in [0.1, 0.15) is 6.92 Å². The fourth-order valence-electron chi connectivity index (χ4n) is 2.22. The molecule has 0 unspecified atom stereocenters. The average Bonchev–Trinajstić information content (AvgIpc) is 2.86. The first-order chi connectivity index (χ1) is 11.0. The third kappa shape index (κ3) is 3.51. The molecule has 1 heterocycles. The number of halogens is 1. The van der Waals surface area contributed by atoms with Gasteiger partial charge in [0.2, 0.25) is 5.91 Å². The van der Waals surface area contributed by atoms with Gasteiger partial charge in [0.1, 0.15) is 0 Å². The number of amides is 1. The van der Waals surface area contributed by atoms with Gasteiger partial charge in [0.25, 0.3) is 0 Å². The van der Waals surface area contributed by atoms with Gasteiger partial charge in [0, 0.05) is 17.8 Å². The van der Waals surface area contributed by atoms with Crippen molar-refractivity contribution in [3.8, 4) is 0 Å². The summed E-state index contributed by atoms with van der Waals surface area (Å²) >= 11 is 7.29. The molecule has 2 aromatic carbocycles. The lowest BCUT2D eigenvalue weighted by molar-refractivity contribution is -0.115. The number of thioether (sulfide) groups is 1. The molecular formula is C17H16ClN3OS. The highest BCUT2D eigenvalue weighted by atomic mass is 35.5. The maximum absolute atomic E-state index is 12.3. The minimum Gasteiger partial charge on any atom is -0.325 e. The molecule has 3 aromatic rings. The summed E-state index contributed by atoms with van der Waals surface area (Å²) in [5.74, 6) is -0.0654. The topological polar surface area (TPSA) is 46.9 Å². The molecule has 0 aliphatic carbocycles. The second-order valence-corrected chi connectivity index (χ2v) is 6.94. The molecule has 1 aromatic heterocycles. The number of hydrogen-bond acceptors (Lipinski definition) is 3. The normalized spacial score (nSPS) is 12.3. The number of aromatic nitrogens is 2. The molecule has 0 fully saturated rings. The van der Waals surface area contributed by atoms with Gasteiger partial charge >= 0.3 is 0 Å². The maximum Gasteiger partial charge on any atom is 0.237 e. The molecular weight excluding hydrogens is 330 g/mol. The van der Waals surface area contributed by atoms with Crippen LogP contribution in [0, 0.1) is 0 Å². The van der Waals surface area contributed by atoms with E-state index in [9.17, 15) is 4.79 Å². The molecule has 6 heteroatoms. The Kier molecular flexibility index (Phi) is 4.59. The van der Waals surface area contributed by atoms with E-state index in [0.29, 0.717) is 5.02 Å². The summed E-state index contributed by atoms with van der Waals surface area (Å²) in [6, 6.07) is 15.0. The average molecular weight is 346 g/mol. The van der Waals surface area contributed by atoms with E-state index < -0.39 is 0 Å². The van der Waals surface area contributed by atoms with Gasteiger partial charge in [-0.2, -0.15) is 0 Å². The third-order valence-electron chi connectivity index (χ3n) is 3.51. The molecule has 0 spiro atoms. The number of nitrogens with one attached hydrogen (secondary N) is 1. The lowest BCUT2D eigenvalue weighted by atomic mass is 10.3. The Morgan fingerprint density at radius 1 is 1.22 bits per heavy atom. The summed E-state index contributed by atoms with van der Waals surface area (Å²) in [5, 5.41) is 4.09. The predicted octanol–water partition coefficient (Wildman–Crippen LogP) is 4.35. The quantitative estimate of drug-likeness (QED) is 0.715. The Morgan fingerprint density at radius 3 is 2.61 bits per heavy atom. The van der Waals surface area contributed by atoms with E-state index in [1.807, 2.05) is 42.8 Å². The van der Waals surface area contributed by atoms with Crippen LogP contribution in [-0.2, 0) is 11.8 Å². The van der Waals surface area contributed by atoms with Crippen LogP contribution in [0.4, 0.5) is 5.69 Å². The van der Waals surface area contributed by atoms with Gasteiger partial charge in [-0.15, -0.1) is 0 Å². The molecule has 0 aliphatic rings. The van der Waals surface area contributed by atoms with Crippen molar-refractivity contribution < 1.29 is 4.79 Å². The zero-order chi connectivity index (χ0) is 16.4. The molecule has 0 radical (unpaired) electrons. The lowest BCUT2D eigenvalue weighted by Gasteiger charge is -2.11. The van der Waals surface area contributed by atoms with Crippen LogP contribution >= 0.6 is 23.4 Å². The number of para-hydroxylation sites is 2. The minimum atomic E-state index is -0.263. The standard InChI is InChI=1S/C17H16ClN3OS/c1-11(16(22)19-13-9-7-12(18)8-10-13)23-17-20-14-5-3-4-6-15(14)21(17)2/h3-11H,1-2H3,(H,19,22)/t11-/m0/s1. The number of hydrogen-bond donors (Lipinski definition) is 1. The van der Waals surface area contributed by atoms with Crippen LogP contribution in [-0.4, -0.2) is 20.7 Å². The van der Waals surface area contributed by atoms with Crippen molar-refractivity contribution >= 4 is 46.0 Å². The Bertz CT molecular complexity index is 845. The van der Waals surface area contributed by atoms with Gasteiger partial charge < -0.3 is 9.88 Å². The Hall–Kier alpha value is -1.98. The van der Waals surface area contributed by atoms with E-state index in [4.69, 9.17) is 11.6 Å². The Morgan fingerprint density at radius 2 is 1.91 bits per heavy atom. The summed E-state index contributed by atoms with van der Waals surface area (Å²) in [6.45, 7) is 1.87. The molecule has 0 aliphatic heterocycles. The number of anilines is 1. The number of imidazole rings is 1. The van der Waals surface area contributed by atoms with Crippen LogP contribution in [0.3, 0.4) is 0 Å². The third-order valence-corrected chi connectivity index (χ3v) is 4.90. The van der Waals surface area contributed by atoms with E-state index in [1.54, 1.807) is 24.3 Å². The van der Waals surface area contributed by atoms with Crippen LogP contribution in [0.5, 0.6) is 0 Å². The molecule has 0 saturated heterocycles. The smallest absolute Gasteiger partial charge is 0.237 e. The van der Waals surface area contributed by atoms with E-state index in [1.165, 1.54) is 11.8 Å². The number of fused-ring (bicyclic) bond motifs is 1. The minimum absolute atomic E-state index is 0.0654. The van der Waals surface area contributed by atoms with Crippen LogP contribution < -0.4 is 5.32 Å². The highest BCUT2D eigenvalue weighted by molar-refractivity contribution is 8.00. The molecule has 118 valence electrons. The highest BCUT2D eigenvalue weighted by Crippen LogP contribution is 2.26. The SMILES string of the molecule is C[C@H](Sc1nc2ccccc2n1C)C(=O)Nc1ccc(Cl)cc1. The van der Waals surface area contributed by atoms with Gasteiger partial charge in [-0.1, -0.05) is 35.5 Å². The molecule has 1 amide bonds. The first kappa shape index (κ1) is 15.9. The molecule has 0 bridgehead atoms. The molecule has 1 N–H and O–H groups in total. The summed E-state index contributed by atoms with van der Waals surface area (Å²) in [7, 11) is 1.96. The molecule has 4 nitrogen and oxygen atoms in total. The van der Waals surface area contributed by atoms with E-state index in [0.717, 1.165) is 21.9 Å². The van der Waals surface area contributed by atoms with Crippen molar-refractivity contribution in [2.45, 2.75) is 17.3 Å². The van der Waals surface area contributed by atoms with Gasteiger partial charge in [-0.05, 0) is 43.3 Å². The zero-order valence-corrected chi connectivity index (χ0v) is 14.4. The summed E-state index contributed by atoms with van der Waals surface area (Å²) in [4.78, 5) is 16.9. The largest absolute Gasteiger partial charge is 0.325 e. The molecule has 0 saturated carbocycles. The summed E-state index contributed by atoms with van der Waals surface area (Å²) < 4.78 is 2.01. The second-order valence-electron chi connectivity index (χ2n) is 5.20. The van der Waals surface area contributed by atoms with Gasteiger partial charge in [0.15, 0.2) is 5.16 Å². The first-order valence-corrected chi connectivity index (χ1v) is 8.45. The highest BCUT2D eigenvalue weighted by Gasteiger charge is 2.18. The summed E-state index contributed by atoms with van der Waals surface area (Å²) in [6.07, 6.45) is 0. The Labute approximate surface area is 143 Å². The second kappa shape index (κ2) is 6.64. The predicted molar refractivity (Wildman–Crippen MR) is 96.1 cm³/mol. The maximum atomic E-state index is 12.3. The van der Waals surface area contributed by atoms with Crippen molar-refractivity contribution in [2.75, 3.05) is 5.32 Å². The Balaban J connectivity index is 1.72. The number of rotatable bonds is 4. The van der Waals surface area contributed by atoms with Crippen LogP contribution in [0.15, 0.2) is 53.7 Å². The molecule has 1 atom stereocenters. The van der Waals surface area contributed by atoms with Crippen molar-refractivity contribution in [3.63, 3.8) is 0 Å². The van der Waals surface area contributed by atoms with Gasteiger partial charge in [0.05, 0.1) is 16.3 Å². The van der Waals surface area contributed by atoms with E-state index >= 15 is 0 Å². The number of nitrogens with zero attached hydrogens (tertiary/aromatic N) is 2. The van der Waals surface area contributed by atoms with Crippen molar-refractivity contribution in [3.05, 3.63) is 53.6 Å². The number of benzene rings is 2. The van der Waals surface area contributed by atoms with Crippen LogP contribution in [0.25, 0.3) is 11.0 Å². The van der Waals surface area contributed by atoms with Gasteiger partial charge in [-0.3, -0.25) is 4.79 Å². The number of carbonyl (C=O) groups excluding carboxylic acids is 1. The van der Waals surface area contributed by atoms with E-state index in [-0.39, 0.29) is 11.2 Å². The lowest BCUT2D eigenvalue weighted by Crippen LogP contribution is -2.22. The fraction of sp³-hybridized carbons (Fsp3) is 0.176. The zero-order valence-electron chi connectivity index (χ0n) is 12.8. The van der Waals surface area contributed by atoms with Crippen molar-refractivity contribution in [1.29, 1.82) is 0 Å². The number of aryl methyl sites for hydroxylation is 1. The first-order valence-electron chi connectivity index (χ1n) is 7.19. The summed E-state index contributed by atoms with van der Waals surface area (Å²) in [5.41, 5.74) is 2.72. The van der Waals surface area contributed by atoms with Crippen molar-refractivity contribution in [1.82, 2.24) is 9.55 Å². The fourth-order valence-corrected chi connectivity index (χ4v) is 3.23. The van der Waals surface area contributed by atoms with Crippen LogP contribution in [0.2, 0.25) is 5.02 Å². The van der Waals surface area contributed by atoms with Crippen molar-refractivity contribution in [2.24, 2.45) is 7.05 Å². The monoisotopic (exact) mass is 345 g/mol. The number of carbonyl (C=O) groups is 1. The molecule has 3 rings (SSSR count). The van der Waals surface area contributed by atoms with E-state index in [2.05, 4.69) is 10.3 Å².